The molecule has 0 unspecified atom stereocenters. The van der Waals surface area contributed by atoms with E-state index in [4.69, 9.17) is 0 Å². The fraction of sp³-hybridized carbons (Fsp3) is 0.263. The van der Waals surface area contributed by atoms with E-state index in [9.17, 15) is 9.59 Å². The number of rotatable bonds is 5. The number of halogens is 1. The minimum absolute atomic E-state index is 0.0211. The highest BCUT2D eigenvalue weighted by atomic mass is 79.9. The van der Waals surface area contributed by atoms with Crippen LogP contribution in [0.5, 0.6) is 0 Å². The summed E-state index contributed by atoms with van der Waals surface area (Å²) in [7, 11) is 1.73. The van der Waals surface area contributed by atoms with Crippen LogP contribution in [0.1, 0.15) is 27.0 Å². The van der Waals surface area contributed by atoms with Crippen molar-refractivity contribution in [2.75, 3.05) is 13.6 Å². The van der Waals surface area contributed by atoms with Gasteiger partial charge in [0.15, 0.2) is 0 Å². The average Bonchev–Trinajstić information content (AvgIpc) is 2.56. The van der Waals surface area contributed by atoms with Gasteiger partial charge in [0.1, 0.15) is 0 Å². The molecular weight excluding hydrogens is 368 g/mol. The Kier molecular flexibility index (Phi) is 6.15. The van der Waals surface area contributed by atoms with E-state index < -0.39 is 0 Å². The summed E-state index contributed by atoms with van der Waals surface area (Å²) < 4.78 is 0.962. The van der Waals surface area contributed by atoms with Crippen molar-refractivity contribution in [3.8, 4) is 0 Å². The molecule has 126 valence electrons. The van der Waals surface area contributed by atoms with Gasteiger partial charge in [-0.2, -0.15) is 0 Å². The predicted octanol–water partition coefficient (Wildman–Crippen LogP) is 3.45. The maximum atomic E-state index is 12.2. The molecule has 0 fully saturated rings. The van der Waals surface area contributed by atoms with E-state index in [0.29, 0.717) is 12.1 Å². The molecule has 4 nitrogen and oxygen atoms in total. The van der Waals surface area contributed by atoms with E-state index in [1.165, 1.54) is 0 Å². The summed E-state index contributed by atoms with van der Waals surface area (Å²) in [5.41, 5.74) is 3.78. The molecule has 5 heteroatoms. The molecule has 0 heterocycles. The van der Waals surface area contributed by atoms with E-state index in [-0.39, 0.29) is 18.4 Å². The maximum absolute atomic E-state index is 12.2. The third-order valence-electron chi connectivity index (χ3n) is 3.96. The molecule has 0 aromatic heterocycles. The molecule has 0 aliphatic carbocycles. The van der Waals surface area contributed by atoms with Crippen molar-refractivity contribution >= 4 is 27.7 Å². The van der Waals surface area contributed by atoms with Crippen molar-refractivity contribution in [1.82, 2.24) is 10.2 Å². The van der Waals surface area contributed by atoms with Crippen molar-refractivity contribution in [2.24, 2.45) is 0 Å². The number of carbonyl (C=O) groups is 2. The Labute approximate surface area is 151 Å². The molecule has 2 aromatic rings. The van der Waals surface area contributed by atoms with Gasteiger partial charge < -0.3 is 10.2 Å². The average molecular weight is 389 g/mol. The Morgan fingerprint density at radius 1 is 1.08 bits per heavy atom. The lowest BCUT2D eigenvalue weighted by atomic mass is 10.1. The molecule has 2 amide bonds. The quantitative estimate of drug-likeness (QED) is 0.852. The lowest BCUT2D eigenvalue weighted by Crippen LogP contribution is -2.37. The summed E-state index contributed by atoms with van der Waals surface area (Å²) in [6, 6.07) is 13.3. The van der Waals surface area contributed by atoms with E-state index in [1.54, 1.807) is 18.0 Å². The van der Waals surface area contributed by atoms with Crippen LogP contribution in [0.2, 0.25) is 0 Å². The number of hydrogen-bond acceptors (Lipinski definition) is 2. The van der Waals surface area contributed by atoms with Crippen LogP contribution in [-0.2, 0) is 11.3 Å². The minimum Gasteiger partial charge on any atom is -0.343 e. The van der Waals surface area contributed by atoms with Crippen LogP contribution >= 0.6 is 15.9 Å². The highest BCUT2D eigenvalue weighted by Crippen LogP contribution is 2.17. The first kappa shape index (κ1) is 18.2. The minimum atomic E-state index is -0.235. The SMILES string of the molecule is Cc1ccc(C(=O)NCC(=O)N(C)Cc2ccccc2Br)cc1C. The lowest BCUT2D eigenvalue weighted by molar-refractivity contribution is -0.129. The summed E-state index contributed by atoms with van der Waals surface area (Å²) >= 11 is 3.47. The third-order valence-corrected chi connectivity index (χ3v) is 4.73. The first-order chi connectivity index (χ1) is 11.4. The van der Waals surface area contributed by atoms with Gasteiger partial charge in [-0.05, 0) is 48.7 Å². The number of nitrogens with zero attached hydrogens (tertiary/aromatic N) is 1. The van der Waals surface area contributed by atoms with Gasteiger partial charge in [-0.3, -0.25) is 9.59 Å². The number of likely N-dealkylation sites (N-methyl/N-ethyl adjacent to an activating group) is 1. The van der Waals surface area contributed by atoms with Crippen molar-refractivity contribution in [1.29, 1.82) is 0 Å². The smallest absolute Gasteiger partial charge is 0.251 e. The number of carbonyl (C=O) groups excluding carboxylic acids is 2. The van der Waals surface area contributed by atoms with Gasteiger partial charge in [0.25, 0.3) is 5.91 Å². The molecule has 2 aromatic carbocycles. The number of hydrogen-bond donors (Lipinski definition) is 1. The Balaban J connectivity index is 1.91. The second-order valence-corrected chi connectivity index (χ2v) is 6.68. The standard InChI is InChI=1S/C19H21BrN2O2/c1-13-8-9-15(10-14(13)2)19(24)21-11-18(23)22(3)12-16-6-4-5-7-17(16)20/h4-10H,11-12H2,1-3H3,(H,21,24). The lowest BCUT2D eigenvalue weighted by Gasteiger charge is -2.18. The van der Waals surface area contributed by atoms with Gasteiger partial charge in [0.05, 0.1) is 6.54 Å². The van der Waals surface area contributed by atoms with E-state index in [0.717, 1.165) is 21.2 Å². The van der Waals surface area contributed by atoms with Crippen molar-refractivity contribution in [3.63, 3.8) is 0 Å². The van der Waals surface area contributed by atoms with E-state index in [1.807, 2.05) is 50.2 Å². The normalized spacial score (nSPS) is 10.3. The molecule has 0 radical (unpaired) electrons. The second-order valence-electron chi connectivity index (χ2n) is 5.82. The zero-order valence-corrected chi connectivity index (χ0v) is 15.7. The molecule has 0 aliphatic rings. The monoisotopic (exact) mass is 388 g/mol. The van der Waals surface area contributed by atoms with E-state index >= 15 is 0 Å². The van der Waals surface area contributed by atoms with Gasteiger partial charge in [0, 0.05) is 23.6 Å². The van der Waals surface area contributed by atoms with Crippen LogP contribution in [0, 0.1) is 13.8 Å². The third kappa shape index (κ3) is 4.68. The summed E-state index contributed by atoms with van der Waals surface area (Å²) in [5.74, 6) is -0.372. The number of benzene rings is 2. The fourth-order valence-electron chi connectivity index (χ4n) is 2.25. The second kappa shape index (κ2) is 8.11. The molecule has 0 aliphatic heterocycles. The van der Waals surface area contributed by atoms with Crippen LogP contribution in [0.3, 0.4) is 0 Å². The number of aryl methyl sites for hydroxylation is 2. The summed E-state index contributed by atoms with van der Waals surface area (Å²) in [5, 5.41) is 2.68. The Morgan fingerprint density at radius 2 is 1.79 bits per heavy atom. The Bertz CT molecular complexity index is 759. The van der Waals surface area contributed by atoms with Crippen LogP contribution < -0.4 is 5.32 Å². The van der Waals surface area contributed by atoms with Gasteiger partial charge in [-0.25, -0.2) is 0 Å². The van der Waals surface area contributed by atoms with Crippen molar-refractivity contribution in [2.45, 2.75) is 20.4 Å². The van der Waals surface area contributed by atoms with Crippen LogP contribution in [-0.4, -0.2) is 30.3 Å². The molecule has 2 rings (SSSR count). The van der Waals surface area contributed by atoms with Gasteiger partial charge in [-0.1, -0.05) is 40.2 Å². The molecule has 0 saturated carbocycles. The highest BCUT2D eigenvalue weighted by Gasteiger charge is 2.13. The van der Waals surface area contributed by atoms with E-state index in [2.05, 4.69) is 21.2 Å². The fourth-order valence-corrected chi connectivity index (χ4v) is 2.66. The Hall–Kier alpha value is -2.14. The molecular formula is C19H21BrN2O2. The summed E-state index contributed by atoms with van der Waals surface area (Å²) in [6.07, 6.45) is 0. The van der Waals surface area contributed by atoms with Gasteiger partial charge in [-0.15, -0.1) is 0 Å². The summed E-state index contributed by atoms with van der Waals surface area (Å²) in [4.78, 5) is 26.0. The molecule has 0 atom stereocenters. The topological polar surface area (TPSA) is 49.4 Å². The van der Waals surface area contributed by atoms with Crippen LogP contribution in [0.4, 0.5) is 0 Å². The highest BCUT2D eigenvalue weighted by molar-refractivity contribution is 9.10. The Morgan fingerprint density at radius 3 is 2.46 bits per heavy atom. The number of amides is 2. The summed E-state index contributed by atoms with van der Waals surface area (Å²) in [6.45, 7) is 4.42. The van der Waals surface area contributed by atoms with Crippen molar-refractivity contribution in [3.05, 3.63) is 69.2 Å². The molecule has 24 heavy (non-hydrogen) atoms. The maximum Gasteiger partial charge on any atom is 0.251 e. The van der Waals surface area contributed by atoms with Gasteiger partial charge in [0.2, 0.25) is 5.91 Å². The zero-order chi connectivity index (χ0) is 17.7. The first-order valence-corrected chi connectivity index (χ1v) is 8.50. The molecule has 0 spiro atoms. The van der Waals surface area contributed by atoms with Crippen molar-refractivity contribution < 1.29 is 9.59 Å². The predicted molar refractivity (Wildman–Crippen MR) is 98.9 cm³/mol. The van der Waals surface area contributed by atoms with Gasteiger partial charge >= 0.3 is 0 Å². The van der Waals surface area contributed by atoms with Crippen LogP contribution in [0.25, 0.3) is 0 Å². The molecule has 0 bridgehead atoms. The number of nitrogens with one attached hydrogen (secondary N) is 1. The van der Waals surface area contributed by atoms with Crippen LogP contribution in [0.15, 0.2) is 46.9 Å². The zero-order valence-electron chi connectivity index (χ0n) is 14.1. The molecule has 1 N–H and O–H groups in total. The largest absolute Gasteiger partial charge is 0.343 e. The molecule has 0 saturated heterocycles. The first-order valence-electron chi connectivity index (χ1n) is 7.71.